The van der Waals surface area contributed by atoms with Gasteiger partial charge in [-0.15, -0.1) is 0 Å². The third-order valence-corrected chi connectivity index (χ3v) is 5.54. The Kier molecular flexibility index (Phi) is 5.84. The third-order valence-electron chi connectivity index (χ3n) is 4.52. The molecule has 0 unspecified atom stereocenters. The lowest BCUT2D eigenvalue weighted by Gasteiger charge is -2.36. The van der Waals surface area contributed by atoms with E-state index < -0.39 is 10.0 Å². The highest BCUT2D eigenvalue weighted by Crippen LogP contribution is 2.37. The van der Waals surface area contributed by atoms with Crippen LogP contribution in [0.3, 0.4) is 0 Å². The zero-order valence-electron chi connectivity index (χ0n) is 12.2. The highest BCUT2D eigenvalue weighted by atomic mass is 32.2. The van der Waals surface area contributed by atoms with E-state index in [1.54, 1.807) is 0 Å². The van der Waals surface area contributed by atoms with Crippen molar-refractivity contribution in [1.82, 2.24) is 0 Å². The Morgan fingerprint density at radius 2 is 1.80 bits per heavy atom. The van der Waals surface area contributed by atoms with Gasteiger partial charge >= 0.3 is 0 Å². The van der Waals surface area contributed by atoms with Crippen molar-refractivity contribution >= 4 is 10.0 Å². The van der Waals surface area contributed by atoms with Crippen LogP contribution in [-0.4, -0.2) is 40.6 Å². The predicted octanol–water partition coefficient (Wildman–Crippen LogP) is 1.67. The van der Waals surface area contributed by atoms with E-state index in [2.05, 4.69) is 0 Å². The topological polar surface area (TPSA) is 78.6 Å². The Balaban J connectivity index is 1.83. The Morgan fingerprint density at radius 1 is 1.15 bits per heavy atom. The van der Waals surface area contributed by atoms with Crippen molar-refractivity contribution in [3.05, 3.63) is 0 Å². The van der Waals surface area contributed by atoms with Crippen LogP contribution in [0.1, 0.15) is 44.9 Å². The van der Waals surface area contributed by atoms with E-state index in [1.165, 1.54) is 6.42 Å². The molecule has 2 aliphatic rings. The van der Waals surface area contributed by atoms with Gasteiger partial charge in [0.05, 0.1) is 12.4 Å². The molecule has 1 aliphatic carbocycles. The van der Waals surface area contributed by atoms with Crippen molar-refractivity contribution in [2.45, 2.75) is 44.9 Å². The molecule has 2 N–H and O–H groups in total. The van der Waals surface area contributed by atoms with Crippen molar-refractivity contribution in [1.29, 1.82) is 0 Å². The molecule has 0 aromatic heterocycles. The number of primary sulfonamides is 1. The number of hydrogen-bond acceptors (Lipinski definition) is 4. The Labute approximate surface area is 122 Å². The molecule has 2 fully saturated rings. The minimum absolute atomic E-state index is 0.0633. The standard InChI is InChI=1S/C14H27NO4S/c15-20(16,17)12-14(6-2-1-3-7-14)11-19-10-13-4-8-18-9-5-13/h13H,1-12H2,(H2,15,16,17). The van der Waals surface area contributed by atoms with E-state index in [0.29, 0.717) is 12.5 Å². The van der Waals surface area contributed by atoms with Gasteiger partial charge in [-0.3, -0.25) is 0 Å². The van der Waals surface area contributed by atoms with Gasteiger partial charge in [-0.1, -0.05) is 19.3 Å². The van der Waals surface area contributed by atoms with Crippen LogP contribution in [-0.2, 0) is 19.5 Å². The van der Waals surface area contributed by atoms with Crippen LogP contribution >= 0.6 is 0 Å². The summed E-state index contributed by atoms with van der Waals surface area (Å²) in [5.41, 5.74) is -0.253. The molecular weight excluding hydrogens is 278 g/mol. The third kappa shape index (κ3) is 5.31. The summed E-state index contributed by atoms with van der Waals surface area (Å²) in [6.07, 6.45) is 7.26. The van der Waals surface area contributed by atoms with Crippen LogP contribution in [0, 0.1) is 11.3 Å². The van der Waals surface area contributed by atoms with Crippen molar-refractivity contribution in [2.75, 3.05) is 32.2 Å². The second-order valence-electron chi connectivity index (χ2n) is 6.44. The fraction of sp³-hybridized carbons (Fsp3) is 1.00. The molecular formula is C14H27NO4S. The maximum atomic E-state index is 11.5. The van der Waals surface area contributed by atoms with Crippen LogP contribution in [0.15, 0.2) is 0 Å². The SMILES string of the molecule is NS(=O)(=O)CC1(COCC2CCOCC2)CCCCC1. The summed E-state index contributed by atoms with van der Waals surface area (Å²) in [4.78, 5) is 0. The highest BCUT2D eigenvalue weighted by molar-refractivity contribution is 7.89. The number of ether oxygens (including phenoxy) is 2. The van der Waals surface area contributed by atoms with Crippen molar-refractivity contribution in [2.24, 2.45) is 16.5 Å². The van der Waals surface area contributed by atoms with Gasteiger partial charge in [0, 0.05) is 25.2 Å². The fourth-order valence-corrected chi connectivity index (χ4v) is 4.64. The lowest BCUT2D eigenvalue weighted by Crippen LogP contribution is -2.39. The van der Waals surface area contributed by atoms with Crippen LogP contribution in [0.25, 0.3) is 0 Å². The molecule has 6 heteroatoms. The second-order valence-corrected chi connectivity index (χ2v) is 8.05. The van der Waals surface area contributed by atoms with Gasteiger partial charge in [-0.2, -0.15) is 0 Å². The van der Waals surface area contributed by atoms with Gasteiger partial charge < -0.3 is 9.47 Å². The zero-order chi connectivity index (χ0) is 14.5. The quantitative estimate of drug-likeness (QED) is 0.809. The molecule has 0 aromatic carbocycles. The van der Waals surface area contributed by atoms with Gasteiger partial charge in [0.25, 0.3) is 0 Å². The minimum Gasteiger partial charge on any atom is -0.381 e. The minimum atomic E-state index is -3.44. The molecule has 0 spiro atoms. The lowest BCUT2D eigenvalue weighted by atomic mass is 9.76. The molecule has 118 valence electrons. The number of sulfonamides is 1. The molecule has 0 amide bonds. The monoisotopic (exact) mass is 305 g/mol. The summed E-state index contributed by atoms with van der Waals surface area (Å²) in [6, 6.07) is 0. The Hall–Kier alpha value is -0.170. The first-order valence-corrected chi connectivity index (χ1v) is 9.37. The Morgan fingerprint density at radius 3 is 2.40 bits per heavy atom. The zero-order valence-corrected chi connectivity index (χ0v) is 13.0. The molecule has 1 heterocycles. The van der Waals surface area contributed by atoms with Gasteiger partial charge in [0.15, 0.2) is 0 Å². The Bertz CT molecular complexity index is 384. The summed E-state index contributed by atoms with van der Waals surface area (Å²) in [7, 11) is -3.44. The van der Waals surface area contributed by atoms with E-state index in [9.17, 15) is 8.42 Å². The summed E-state index contributed by atoms with van der Waals surface area (Å²) in [5, 5.41) is 5.27. The summed E-state index contributed by atoms with van der Waals surface area (Å²) in [5.74, 6) is 0.618. The molecule has 1 saturated heterocycles. The van der Waals surface area contributed by atoms with E-state index in [-0.39, 0.29) is 11.2 Å². The second kappa shape index (κ2) is 7.20. The van der Waals surface area contributed by atoms with Gasteiger partial charge in [-0.05, 0) is 31.6 Å². The maximum Gasteiger partial charge on any atom is 0.209 e. The van der Waals surface area contributed by atoms with Crippen molar-refractivity contribution < 1.29 is 17.9 Å². The first-order valence-electron chi connectivity index (χ1n) is 7.65. The normalized spacial score (nSPS) is 24.6. The van der Waals surface area contributed by atoms with Crippen LogP contribution in [0.5, 0.6) is 0 Å². The molecule has 0 aromatic rings. The number of nitrogens with two attached hydrogens (primary N) is 1. The molecule has 0 bridgehead atoms. The first kappa shape index (κ1) is 16.2. The van der Waals surface area contributed by atoms with Crippen molar-refractivity contribution in [3.63, 3.8) is 0 Å². The van der Waals surface area contributed by atoms with E-state index in [1.807, 2.05) is 0 Å². The van der Waals surface area contributed by atoms with Crippen LogP contribution in [0.2, 0.25) is 0 Å². The van der Waals surface area contributed by atoms with Gasteiger partial charge in [0.2, 0.25) is 10.0 Å². The summed E-state index contributed by atoms with van der Waals surface area (Å²) < 4.78 is 34.2. The van der Waals surface area contributed by atoms with E-state index in [0.717, 1.165) is 58.3 Å². The highest BCUT2D eigenvalue weighted by Gasteiger charge is 2.36. The smallest absolute Gasteiger partial charge is 0.209 e. The van der Waals surface area contributed by atoms with Gasteiger partial charge in [-0.25, -0.2) is 13.6 Å². The van der Waals surface area contributed by atoms with Crippen LogP contribution < -0.4 is 5.14 Å². The molecule has 0 radical (unpaired) electrons. The van der Waals surface area contributed by atoms with Crippen LogP contribution in [0.4, 0.5) is 0 Å². The lowest BCUT2D eigenvalue weighted by molar-refractivity contribution is -0.0136. The molecule has 0 atom stereocenters. The average molecular weight is 305 g/mol. The average Bonchev–Trinajstić information content (AvgIpc) is 2.39. The molecule has 20 heavy (non-hydrogen) atoms. The van der Waals surface area contributed by atoms with E-state index in [4.69, 9.17) is 14.6 Å². The predicted molar refractivity (Wildman–Crippen MR) is 77.9 cm³/mol. The summed E-state index contributed by atoms with van der Waals surface area (Å²) in [6.45, 7) is 2.88. The first-order chi connectivity index (χ1) is 9.49. The molecule has 1 aliphatic heterocycles. The molecule has 1 saturated carbocycles. The summed E-state index contributed by atoms with van der Waals surface area (Å²) >= 11 is 0. The molecule has 2 rings (SSSR count). The number of hydrogen-bond donors (Lipinski definition) is 1. The van der Waals surface area contributed by atoms with Crippen molar-refractivity contribution in [3.8, 4) is 0 Å². The van der Waals surface area contributed by atoms with Gasteiger partial charge in [0.1, 0.15) is 0 Å². The van der Waals surface area contributed by atoms with E-state index >= 15 is 0 Å². The fourth-order valence-electron chi connectivity index (χ4n) is 3.41. The maximum absolute atomic E-state index is 11.5. The number of rotatable bonds is 6. The molecule has 5 nitrogen and oxygen atoms in total. The largest absolute Gasteiger partial charge is 0.381 e.